The number of rotatable bonds is 1. The summed E-state index contributed by atoms with van der Waals surface area (Å²) in [4.78, 5) is 4.56. The third-order valence-electron chi connectivity index (χ3n) is 2.74. The van der Waals surface area contributed by atoms with Crippen molar-refractivity contribution in [2.75, 3.05) is 31.1 Å². The molecular weight excluding hydrogens is 172 g/mol. The van der Waals surface area contributed by atoms with Gasteiger partial charge in [-0.3, -0.25) is 7.05 Å². The number of piperazine rings is 1. The van der Waals surface area contributed by atoms with Crippen molar-refractivity contribution in [3.05, 3.63) is 36.9 Å². The molecule has 1 aliphatic heterocycles. The lowest BCUT2D eigenvalue weighted by molar-refractivity contribution is 0.344. The Morgan fingerprint density at radius 1 is 1.14 bits per heavy atom. The van der Waals surface area contributed by atoms with Crippen LogP contribution in [0.2, 0.25) is 0 Å². The molecule has 1 saturated heterocycles. The number of anilines is 1. The average Bonchev–Trinajstić information content (AvgIpc) is 2.19. The molecule has 1 aliphatic rings. The van der Waals surface area contributed by atoms with E-state index in [0.717, 1.165) is 26.2 Å². The van der Waals surface area contributed by atoms with E-state index in [1.54, 1.807) is 0 Å². The normalized spacial score (nSPS) is 18.6. The van der Waals surface area contributed by atoms with Gasteiger partial charge >= 0.3 is 0 Å². The second-order valence-electron chi connectivity index (χ2n) is 3.94. The largest absolute Gasteiger partial charge is 0.456 e. The van der Waals surface area contributed by atoms with Crippen molar-refractivity contribution in [3.8, 4) is 0 Å². The summed E-state index contributed by atoms with van der Waals surface area (Å²) in [5.74, 6) is 0. The van der Waals surface area contributed by atoms with Crippen molar-refractivity contribution in [1.29, 1.82) is 0 Å². The predicted molar refractivity (Wildman–Crippen MR) is 60.3 cm³/mol. The van der Waals surface area contributed by atoms with Crippen molar-refractivity contribution >= 4 is 5.69 Å². The minimum atomic E-state index is 1.06. The van der Waals surface area contributed by atoms with Gasteiger partial charge in [0.05, 0.1) is 0 Å². The molecule has 0 bridgehead atoms. The summed E-state index contributed by atoms with van der Waals surface area (Å²) in [6.45, 7) is 6.45. The van der Waals surface area contributed by atoms with E-state index in [1.165, 1.54) is 11.3 Å². The first-order valence-corrected chi connectivity index (χ1v) is 5.13. The van der Waals surface area contributed by atoms with Crippen molar-refractivity contribution in [2.24, 2.45) is 0 Å². The lowest BCUT2D eigenvalue weighted by Crippen LogP contribution is -2.43. The zero-order chi connectivity index (χ0) is 9.97. The summed E-state index contributed by atoms with van der Waals surface area (Å²) in [6.07, 6.45) is 0. The molecule has 1 aromatic carbocycles. The smallest absolute Gasteiger partial charge is 0.0369 e. The molecule has 2 nitrogen and oxygen atoms in total. The number of nitrogens with zero attached hydrogens (tertiary/aromatic N) is 2. The van der Waals surface area contributed by atoms with Crippen LogP contribution in [0, 0.1) is 14.0 Å². The molecule has 0 amide bonds. The van der Waals surface area contributed by atoms with Crippen molar-refractivity contribution in [3.63, 3.8) is 0 Å². The molecule has 14 heavy (non-hydrogen) atoms. The van der Waals surface area contributed by atoms with Crippen LogP contribution in [0.3, 0.4) is 0 Å². The first-order valence-electron chi connectivity index (χ1n) is 5.13. The summed E-state index contributed by atoms with van der Waals surface area (Å²) in [5.41, 5.74) is 2.68. The Morgan fingerprint density at radius 3 is 2.50 bits per heavy atom. The molecule has 0 radical (unpaired) electrons. The van der Waals surface area contributed by atoms with E-state index < -0.39 is 0 Å². The summed E-state index contributed by atoms with van der Waals surface area (Å²) < 4.78 is 0. The van der Waals surface area contributed by atoms with Gasteiger partial charge in [-0.1, -0.05) is 12.1 Å². The highest BCUT2D eigenvalue weighted by molar-refractivity contribution is 5.48. The van der Waals surface area contributed by atoms with E-state index in [4.69, 9.17) is 0 Å². The average molecular weight is 189 g/mol. The van der Waals surface area contributed by atoms with Crippen molar-refractivity contribution < 1.29 is 0 Å². The zero-order valence-electron chi connectivity index (χ0n) is 8.74. The van der Waals surface area contributed by atoms with Gasteiger partial charge in [0.1, 0.15) is 0 Å². The van der Waals surface area contributed by atoms with Crippen LogP contribution in [0.25, 0.3) is 0 Å². The van der Waals surface area contributed by atoms with Crippen LogP contribution in [-0.4, -0.2) is 31.1 Å². The van der Waals surface area contributed by atoms with E-state index in [0.29, 0.717) is 0 Å². The van der Waals surface area contributed by atoms with Crippen LogP contribution in [0.1, 0.15) is 5.56 Å². The lowest BCUT2D eigenvalue weighted by atomic mass is 10.2. The van der Waals surface area contributed by atoms with Gasteiger partial charge in [0.15, 0.2) is 0 Å². The van der Waals surface area contributed by atoms with E-state index in [9.17, 15) is 0 Å². The van der Waals surface area contributed by atoms with Crippen LogP contribution < -0.4 is 4.90 Å². The fraction of sp³-hybridized carbons (Fsp3) is 0.417. The number of aryl methyl sites for hydroxylation is 1. The van der Waals surface area contributed by atoms with E-state index in [-0.39, 0.29) is 0 Å². The molecule has 0 N–H and O–H groups in total. The van der Waals surface area contributed by atoms with Gasteiger partial charge in [0, 0.05) is 18.8 Å². The summed E-state index contributed by atoms with van der Waals surface area (Å²) >= 11 is 0. The van der Waals surface area contributed by atoms with E-state index in [2.05, 4.69) is 48.0 Å². The fourth-order valence-electron chi connectivity index (χ4n) is 1.83. The molecule has 0 atom stereocenters. The topological polar surface area (TPSA) is 6.48 Å². The number of hydrogen-bond acceptors (Lipinski definition) is 2. The molecule has 0 aromatic heterocycles. The fourth-order valence-corrected chi connectivity index (χ4v) is 1.83. The lowest BCUT2D eigenvalue weighted by Gasteiger charge is -2.38. The maximum atomic E-state index is 3.95. The van der Waals surface area contributed by atoms with Crippen molar-refractivity contribution in [2.45, 2.75) is 6.92 Å². The summed E-state index contributed by atoms with van der Waals surface area (Å²) in [5, 5.41) is 0. The zero-order valence-corrected chi connectivity index (χ0v) is 8.74. The Bertz CT molecular complexity index is 301. The van der Waals surface area contributed by atoms with Crippen LogP contribution in [0.5, 0.6) is 0 Å². The maximum Gasteiger partial charge on any atom is 0.0369 e. The SMILES string of the molecule is [CH2-]N1CCN(c2cccc(C)c2)CC1. The molecule has 0 saturated carbocycles. The molecule has 1 aromatic rings. The van der Waals surface area contributed by atoms with Gasteiger partial charge in [-0.25, -0.2) is 0 Å². The van der Waals surface area contributed by atoms with E-state index in [1.807, 2.05) is 0 Å². The summed E-state index contributed by atoms with van der Waals surface area (Å²) in [6, 6.07) is 8.70. The van der Waals surface area contributed by atoms with Gasteiger partial charge < -0.3 is 9.80 Å². The number of hydrogen-bond donors (Lipinski definition) is 0. The Labute approximate surface area is 86.1 Å². The summed E-state index contributed by atoms with van der Waals surface area (Å²) in [7, 11) is 3.95. The highest BCUT2D eigenvalue weighted by atomic mass is 15.2. The maximum absolute atomic E-state index is 3.95. The molecule has 2 heteroatoms. The minimum absolute atomic E-state index is 1.06. The Balaban J connectivity index is 2.08. The Hall–Kier alpha value is -1.02. The standard InChI is InChI=1S/C12H17N2/c1-11-4-3-5-12(10-11)14-8-6-13(2)7-9-14/h3-5,10H,2,6-9H2,1H3/q-1. The van der Waals surface area contributed by atoms with Crippen LogP contribution >= 0.6 is 0 Å². The molecule has 0 aliphatic carbocycles. The first-order chi connectivity index (χ1) is 6.75. The Morgan fingerprint density at radius 2 is 1.86 bits per heavy atom. The highest BCUT2D eigenvalue weighted by Crippen LogP contribution is 2.17. The van der Waals surface area contributed by atoms with Crippen LogP contribution in [0.15, 0.2) is 24.3 Å². The molecule has 0 unspecified atom stereocenters. The molecular formula is C12H17N2-. The number of benzene rings is 1. The van der Waals surface area contributed by atoms with Crippen LogP contribution in [-0.2, 0) is 0 Å². The third kappa shape index (κ3) is 2.07. The molecule has 76 valence electrons. The van der Waals surface area contributed by atoms with Gasteiger partial charge in [0.25, 0.3) is 0 Å². The van der Waals surface area contributed by atoms with Crippen LogP contribution in [0.4, 0.5) is 5.69 Å². The van der Waals surface area contributed by atoms with Gasteiger partial charge in [-0.05, 0) is 37.7 Å². The monoisotopic (exact) mass is 189 g/mol. The predicted octanol–water partition coefficient (Wildman–Crippen LogP) is 1.91. The molecule has 0 spiro atoms. The molecule has 2 rings (SSSR count). The minimum Gasteiger partial charge on any atom is -0.456 e. The second-order valence-corrected chi connectivity index (χ2v) is 3.94. The second kappa shape index (κ2) is 4.01. The highest BCUT2D eigenvalue weighted by Gasteiger charge is 2.10. The molecule has 1 fully saturated rings. The Kier molecular flexibility index (Phi) is 2.73. The first kappa shape index (κ1) is 9.53. The van der Waals surface area contributed by atoms with Crippen molar-refractivity contribution in [1.82, 2.24) is 4.90 Å². The van der Waals surface area contributed by atoms with E-state index >= 15 is 0 Å². The van der Waals surface area contributed by atoms with Gasteiger partial charge in [0.2, 0.25) is 0 Å². The quantitative estimate of drug-likeness (QED) is 0.623. The van der Waals surface area contributed by atoms with Gasteiger partial charge in [-0.15, -0.1) is 0 Å². The molecule has 1 heterocycles. The van der Waals surface area contributed by atoms with Gasteiger partial charge in [-0.2, -0.15) is 0 Å². The third-order valence-corrected chi connectivity index (χ3v) is 2.74.